The molecule has 192 valence electrons. The number of carbonyl (C=O) groups is 3. The van der Waals surface area contributed by atoms with Crippen LogP contribution in [-0.2, 0) is 20.9 Å². The third kappa shape index (κ3) is 7.11. The quantitative estimate of drug-likeness (QED) is 0.248. The molecule has 0 saturated carbocycles. The van der Waals surface area contributed by atoms with Crippen LogP contribution in [0.4, 0.5) is 9.59 Å². The number of unbranched alkanes of at least 4 members (excludes halogenated alkanes) is 1. The fraction of sp³-hybridized carbons (Fsp3) is 0.276. The van der Waals surface area contributed by atoms with Gasteiger partial charge in [-0.25, -0.2) is 9.59 Å². The first kappa shape index (κ1) is 26.2. The van der Waals surface area contributed by atoms with Gasteiger partial charge in [-0.2, -0.15) is 0 Å². The molecular formula is C29H29ClN2O5. The maximum atomic E-state index is 12.5. The summed E-state index contributed by atoms with van der Waals surface area (Å²) >= 11 is 5.71. The molecule has 0 fully saturated rings. The Bertz CT molecular complexity index is 1190. The van der Waals surface area contributed by atoms with E-state index >= 15 is 0 Å². The summed E-state index contributed by atoms with van der Waals surface area (Å²) in [6.45, 7) is 0.722. The van der Waals surface area contributed by atoms with E-state index in [1.165, 1.54) is 0 Å². The van der Waals surface area contributed by atoms with E-state index in [9.17, 15) is 14.4 Å². The van der Waals surface area contributed by atoms with E-state index in [2.05, 4.69) is 22.8 Å². The third-order valence-corrected chi connectivity index (χ3v) is 6.57. The molecule has 0 radical (unpaired) electrons. The highest BCUT2D eigenvalue weighted by molar-refractivity contribution is 6.64. The highest BCUT2D eigenvalue weighted by Gasteiger charge is 2.29. The Hall–Kier alpha value is -3.84. The molecular weight excluding hydrogens is 492 g/mol. The van der Waals surface area contributed by atoms with Crippen LogP contribution >= 0.6 is 11.6 Å². The summed E-state index contributed by atoms with van der Waals surface area (Å²) in [7, 11) is 0. The van der Waals surface area contributed by atoms with Gasteiger partial charge >= 0.3 is 12.2 Å². The summed E-state index contributed by atoms with van der Waals surface area (Å²) in [6, 6.07) is 24.7. The van der Waals surface area contributed by atoms with E-state index in [-0.39, 0.29) is 19.1 Å². The maximum Gasteiger partial charge on any atom is 0.407 e. The van der Waals surface area contributed by atoms with Crippen molar-refractivity contribution in [3.8, 4) is 11.1 Å². The molecule has 0 heterocycles. The van der Waals surface area contributed by atoms with Crippen LogP contribution in [0.3, 0.4) is 0 Å². The predicted octanol–water partition coefficient (Wildman–Crippen LogP) is 5.76. The first-order valence-corrected chi connectivity index (χ1v) is 12.7. The molecule has 4 rings (SSSR count). The Morgan fingerprint density at radius 2 is 1.41 bits per heavy atom. The predicted molar refractivity (Wildman–Crippen MR) is 141 cm³/mol. The molecule has 0 aromatic heterocycles. The minimum Gasteiger partial charge on any atom is -0.449 e. The Kier molecular flexibility index (Phi) is 9.16. The van der Waals surface area contributed by atoms with Crippen molar-refractivity contribution in [1.29, 1.82) is 0 Å². The lowest BCUT2D eigenvalue weighted by atomic mass is 9.98. The number of ether oxygens (including phenoxy) is 2. The maximum absolute atomic E-state index is 12.5. The first-order valence-electron chi connectivity index (χ1n) is 12.3. The molecule has 7 nitrogen and oxygen atoms in total. The van der Waals surface area contributed by atoms with Crippen LogP contribution in [0.1, 0.15) is 41.9 Å². The molecule has 1 aliphatic carbocycles. The average molecular weight is 521 g/mol. The van der Waals surface area contributed by atoms with Crippen LogP contribution in [0.25, 0.3) is 11.1 Å². The fourth-order valence-corrected chi connectivity index (χ4v) is 4.63. The number of fused-ring (bicyclic) bond motifs is 3. The number of amides is 2. The summed E-state index contributed by atoms with van der Waals surface area (Å²) < 4.78 is 10.7. The second kappa shape index (κ2) is 12.9. The SMILES string of the molecule is O=C(NCCCC[C@@H](NC(=O)OCC1c2ccccc2-c2ccccc21)C(=O)Cl)OCc1ccccc1. The minimum atomic E-state index is -0.873. The lowest BCUT2D eigenvalue weighted by molar-refractivity contribution is -0.113. The van der Waals surface area contributed by atoms with Gasteiger partial charge < -0.3 is 20.1 Å². The Balaban J connectivity index is 1.18. The lowest BCUT2D eigenvalue weighted by Crippen LogP contribution is -2.39. The number of carbonyl (C=O) groups excluding carboxylic acids is 3. The summed E-state index contributed by atoms with van der Waals surface area (Å²) in [6.07, 6.45) is 0.279. The van der Waals surface area contributed by atoms with Crippen LogP contribution in [0.5, 0.6) is 0 Å². The van der Waals surface area contributed by atoms with E-state index in [4.69, 9.17) is 21.1 Å². The van der Waals surface area contributed by atoms with Gasteiger partial charge in [-0.15, -0.1) is 0 Å². The zero-order chi connectivity index (χ0) is 26.0. The van der Waals surface area contributed by atoms with E-state index in [1.807, 2.05) is 66.7 Å². The second-order valence-electron chi connectivity index (χ2n) is 8.81. The van der Waals surface area contributed by atoms with Crippen molar-refractivity contribution in [3.05, 3.63) is 95.6 Å². The van der Waals surface area contributed by atoms with Crippen molar-refractivity contribution >= 4 is 29.0 Å². The second-order valence-corrected chi connectivity index (χ2v) is 9.18. The summed E-state index contributed by atoms with van der Waals surface area (Å²) in [5, 5.41) is 4.58. The van der Waals surface area contributed by atoms with Crippen LogP contribution in [0.15, 0.2) is 78.9 Å². The molecule has 1 atom stereocenters. The van der Waals surface area contributed by atoms with E-state index < -0.39 is 23.5 Å². The molecule has 0 spiro atoms. The summed E-state index contributed by atoms with van der Waals surface area (Å²) in [5.41, 5.74) is 5.39. The van der Waals surface area contributed by atoms with Crippen molar-refractivity contribution in [1.82, 2.24) is 10.6 Å². The smallest absolute Gasteiger partial charge is 0.407 e. The molecule has 0 saturated heterocycles. The number of halogens is 1. The molecule has 2 amide bonds. The highest BCUT2D eigenvalue weighted by Crippen LogP contribution is 2.44. The molecule has 0 aliphatic heterocycles. The van der Waals surface area contributed by atoms with Gasteiger partial charge in [-0.1, -0.05) is 78.9 Å². The number of rotatable bonds is 11. The minimum absolute atomic E-state index is 0.0731. The molecule has 2 N–H and O–H groups in total. The Morgan fingerprint density at radius 1 is 0.784 bits per heavy atom. The van der Waals surface area contributed by atoms with Gasteiger partial charge in [0.2, 0.25) is 5.24 Å². The standard InChI is InChI=1S/C29H29ClN2O5/c30-27(33)26(16-8-9-17-31-28(34)36-18-20-10-2-1-3-11-20)32-29(35)37-19-25-23-14-6-4-12-21(23)22-13-5-7-15-24(22)25/h1-7,10-15,25-26H,8-9,16-19H2,(H,31,34)(H,32,35)/t26-/m1/s1. The first-order chi connectivity index (χ1) is 18.0. The largest absolute Gasteiger partial charge is 0.449 e. The van der Waals surface area contributed by atoms with Crippen LogP contribution in [-0.4, -0.2) is 36.6 Å². The third-order valence-electron chi connectivity index (χ3n) is 6.31. The van der Waals surface area contributed by atoms with Gasteiger partial charge in [0.05, 0.1) is 0 Å². The van der Waals surface area contributed by atoms with Gasteiger partial charge in [-0.3, -0.25) is 4.79 Å². The Labute approximate surface area is 221 Å². The van der Waals surface area contributed by atoms with Crippen LogP contribution < -0.4 is 10.6 Å². The zero-order valence-electron chi connectivity index (χ0n) is 20.3. The van der Waals surface area contributed by atoms with Crippen molar-refractivity contribution in [2.75, 3.05) is 13.2 Å². The van der Waals surface area contributed by atoms with Crippen molar-refractivity contribution < 1.29 is 23.9 Å². The van der Waals surface area contributed by atoms with Crippen molar-refractivity contribution in [3.63, 3.8) is 0 Å². The van der Waals surface area contributed by atoms with E-state index in [0.29, 0.717) is 25.8 Å². The summed E-state index contributed by atoms with van der Waals surface area (Å²) in [4.78, 5) is 36.2. The molecule has 1 aliphatic rings. The average Bonchev–Trinajstić information content (AvgIpc) is 3.24. The van der Waals surface area contributed by atoms with Crippen molar-refractivity contribution in [2.45, 2.75) is 37.8 Å². The summed E-state index contributed by atoms with van der Waals surface area (Å²) in [5.74, 6) is -0.0731. The fourth-order valence-electron chi connectivity index (χ4n) is 4.46. The number of hydrogen-bond acceptors (Lipinski definition) is 5. The lowest BCUT2D eigenvalue weighted by Gasteiger charge is -2.17. The number of alkyl carbamates (subject to hydrolysis) is 2. The van der Waals surface area contributed by atoms with Gasteiger partial charge in [0.15, 0.2) is 0 Å². The normalized spacial score (nSPS) is 12.7. The molecule has 0 bridgehead atoms. The highest BCUT2D eigenvalue weighted by atomic mass is 35.5. The number of nitrogens with one attached hydrogen (secondary N) is 2. The van der Waals surface area contributed by atoms with E-state index in [0.717, 1.165) is 27.8 Å². The molecule has 8 heteroatoms. The van der Waals surface area contributed by atoms with Gasteiger partial charge in [0.25, 0.3) is 0 Å². The van der Waals surface area contributed by atoms with Crippen LogP contribution in [0.2, 0.25) is 0 Å². The molecule has 3 aromatic rings. The van der Waals surface area contributed by atoms with Crippen LogP contribution in [0, 0.1) is 0 Å². The topological polar surface area (TPSA) is 93.7 Å². The molecule has 37 heavy (non-hydrogen) atoms. The van der Waals surface area contributed by atoms with Gasteiger partial charge in [-0.05, 0) is 58.7 Å². The van der Waals surface area contributed by atoms with E-state index in [1.54, 1.807) is 0 Å². The number of benzene rings is 3. The zero-order valence-corrected chi connectivity index (χ0v) is 21.1. The number of hydrogen-bond donors (Lipinski definition) is 2. The Morgan fingerprint density at radius 3 is 2.05 bits per heavy atom. The van der Waals surface area contributed by atoms with Gasteiger partial charge in [0, 0.05) is 12.5 Å². The molecule has 0 unspecified atom stereocenters. The van der Waals surface area contributed by atoms with Crippen molar-refractivity contribution in [2.24, 2.45) is 0 Å². The molecule has 3 aromatic carbocycles. The van der Waals surface area contributed by atoms with Gasteiger partial charge in [0.1, 0.15) is 19.3 Å². The monoisotopic (exact) mass is 520 g/mol.